The third-order valence-electron chi connectivity index (χ3n) is 2.36. The van der Waals surface area contributed by atoms with E-state index in [4.69, 9.17) is 11.5 Å². The van der Waals surface area contributed by atoms with Crippen molar-refractivity contribution in [3.05, 3.63) is 40.2 Å². The smallest absolute Gasteiger partial charge is 0.223 e. The van der Waals surface area contributed by atoms with Crippen LogP contribution >= 0.6 is 11.3 Å². The van der Waals surface area contributed by atoms with Crippen LogP contribution in [0, 0.1) is 13.8 Å². The predicted octanol–water partition coefficient (Wildman–Crippen LogP) is 1.29. The van der Waals surface area contributed by atoms with Gasteiger partial charge in [-0.1, -0.05) is 11.3 Å². The summed E-state index contributed by atoms with van der Waals surface area (Å²) in [6.07, 6.45) is 1.61. The minimum absolute atomic E-state index is 0.0820. The Morgan fingerprint density at radius 2 is 2.11 bits per heavy atom. The molecule has 2 heterocycles. The molecule has 0 bridgehead atoms. The molecular formula is C12H13N5OS. The molecule has 0 aromatic carbocycles. The zero-order chi connectivity index (χ0) is 14.0. The average Bonchev–Trinajstić information content (AvgIpc) is 2.68. The van der Waals surface area contributed by atoms with Crippen molar-refractivity contribution in [2.75, 3.05) is 0 Å². The molecular weight excluding hydrogens is 262 g/mol. The number of ketones is 1. The zero-order valence-electron chi connectivity index (χ0n) is 10.5. The first-order valence-corrected chi connectivity index (χ1v) is 6.33. The fourth-order valence-corrected chi connectivity index (χ4v) is 2.43. The Kier molecular flexibility index (Phi) is 3.57. The molecule has 0 saturated heterocycles. The standard InChI is InChI=1S/C12H13N5OS/c1-6-3-4-15-8(5-6)9(18)10-7(2)16-12(19-10)17-11(13)14/h3-5H,1-2H3,(H4,13,14,16,17). The van der Waals surface area contributed by atoms with Crippen molar-refractivity contribution < 1.29 is 4.79 Å². The monoisotopic (exact) mass is 275 g/mol. The number of hydrogen-bond acceptors (Lipinski definition) is 5. The highest BCUT2D eigenvalue weighted by Crippen LogP contribution is 2.26. The van der Waals surface area contributed by atoms with Gasteiger partial charge >= 0.3 is 0 Å². The molecule has 0 aliphatic heterocycles. The van der Waals surface area contributed by atoms with Crippen molar-refractivity contribution in [3.8, 4) is 0 Å². The maximum Gasteiger partial charge on any atom is 0.223 e. The van der Waals surface area contributed by atoms with E-state index in [9.17, 15) is 4.79 Å². The molecule has 2 aromatic heterocycles. The van der Waals surface area contributed by atoms with E-state index in [0.717, 1.165) is 16.9 Å². The first-order chi connectivity index (χ1) is 8.97. The molecule has 0 aliphatic carbocycles. The molecule has 0 saturated carbocycles. The molecule has 0 unspecified atom stereocenters. The summed E-state index contributed by atoms with van der Waals surface area (Å²) in [7, 11) is 0. The molecule has 7 heteroatoms. The SMILES string of the molecule is Cc1ccnc(C(=O)c2sc(N=C(N)N)nc2C)c1. The van der Waals surface area contributed by atoms with Gasteiger partial charge in [0.05, 0.1) is 5.69 Å². The van der Waals surface area contributed by atoms with E-state index in [1.165, 1.54) is 0 Å². The number of carbonyl (C=O) groups excluding carboxylic acids is 1. The molecule has 0 radical (unpaired) electrons. The number of nitrogens with zero attached hydrogens (tertiary/aromatic N) is 3. The first-order valence-electron chi connectivity index (χ1n) is 5.52. The summed E-state index contributed by atoms with van der Waals surface area (Å²) in [5.41, 5.74) is 12.5. The summed E-state index contributed by atoms with van der Waals surface area (Å²) in [4.78, 5) is 24.9. The second-order valence-electron chi connectivity index (χ2n) is 4.00. The lowest BCUT2D eigenvalue weighted by Crippen LogP contribution is -2.21. The fraction of sp³-hybridized carbons (Fsp3) is 0.167. The second kappa shape index (κ2) is 5.15. The average molecular weight is 275 g/mol. The molecule has 4 N–H and O–H groups in total. The van der Waals surface area contributed by atoms with Gasteiger partial charge in [0.2, 0.25) is 10.9 Å². The van der Waals surface area contributed by atoms with Crippen LogP contribution in [-0.4, -0.2) is 21.7 Å². The van der Waals surface area contributed by atoms with Gasteiger partial charge in [-0.3, -0.25) is 9.78 Å². The second-order valence-corrected chi connectivity index (χ2v) is 4.97. The highest BCUT2D eigenvalue weighted by molar-refractivity contribution is 7.17. The molecule has 0 atom stereocenters. The number of carbonyl (C=O) groups is 1. The van der Waals surface area contributed by atoms with Crippen molar-refractivity contribution in [1.29, 1.82) is 0 Å². The summed E-state index contributed by atoms with van der Waals surface area (Å²) in [6, 6.07) is 3.57. The number of guanidine groups is 1. The van der Waals surface area contributed by atoms with Crippen LogP contribution in [0.4, 0.5) is 5.13 Å². The van der Waals surface area contributed by atoms with Gasteiger partial charge in [-0.25, -0.2) is 4.98 Å². The van der Waals surface area contributed by atoms with Gasteiger partial charge in [0.1, 0.15) is 10.6 Å². The van der Waals surface area contributed by atoms with E-state index >= 15 is 0 Å². The maximum absolute atomic E-state index is 12.3. The third kappa shape index (κ3) is 2.94. The molecule has 0 fully saturated rings. The number of aromatic nitrogens is 2. The lowest BCUT2D eigenvalue weighted by atomic mass is 10.1. The molecule has 19 heavy (non-hydrogen) atoms. The fourth-order valence-electron chi connectivity index (χ4n) is 1.53. The van der Waals surface area contributed by atoms with Crippen LogP contribution in [0.15, 0.2) is 23.3 Å². The maximum atomic E-state index is 12.3. The van der Waals surface area contributed by atoms with E-state index < -0.39 is 0 Å². The Morgan fingerprint density at radius 3 is 2.74 bits per heavy atom. The van der Waals surface area contributed by atoms with Gasteiger partial charge in [0.15, 0.2) is 5.96 Å². The van der Waals surface area contributed by atoms with E-state index in [2.05, 4.69) is 15.0 Å². The highest BCUT2D eigenvalue weighted by atomic mass is 32.1. The van der Waals surface area contributed by atoms with E-state index in [-0.39, 0.29) is 11.7 Å². The Bertz CT molecular complexity index is 658. The molecule has 0 amide bonds. The van der Waals surface area contributed by atoms with E-state index in [0.29, 0.717) is 21.4 Å². The number of hydrogen-bond donors (Lipinski definition) is 2. The Labute approximate surface area is 114 Å². The van der Waals surface area contributed by atoms with Crippen molar-refractivity contribution in [2.45, 2.75) is 13.8 Å². The van der Waals surface area contributed by atoms with Gasteiger partial charge in [0.25, 0.3) is 0 Å². The van der Waals surface area contributed by atoms with Gasteiger partial charge in [0, 0.05) is 6.20 Å². The lowest BCUT2D eigenvalue weighted by Gasteiger charge is -1.99. The number of rotatable bonds is 3. The quantitative estimate of drug-likeness (QED) is 0.498. The Morgan fingerprint density at radius 1 is 1.37 bits per heavy atom. The molecule has 98 valence electrons. The van der Waals surface area contributed by atoms with Crippen LogP contribution < -0.4 is 11.5 Å². The lowest BCUT2D eigenvalue weighted by molar-refractivity contribution is 0.103. The molecule has 2 rings (SSSR count). The van der Waals surface area contributed by atoms with Crippen molar-refractivity contribution in [2.24, 2.45) is 16.5 Å². The summed E-state index contributed by atoms with van der Waals surface area (Å²) in [6.45, 7) is 3.65. The van der Waals surface area contributed by atoms with Gasteiger partial charge < -0.3 is 11.5 Å². The van der Waals surface area contributed by atoms with Crippen LogP contribution in [0.3, 0.4) is 0 Å². The number of nitrogens with two attached hydrogens (primary N) is 2. The van der Waals surface area contributed by atoms with E-state index in [1.54, 1.807) is 19.2 Å². The van der Waals surface area contributed by atoms with Gasteiger partial charge in [-0.15, -0.1) is 0 Å². The van der Waals surface area contributed by atoms with E-state index in [1.807, 2.05) is 13.0 Å². The van der Waals surface area contributed by atoms with Gasteiger partial charge in [-0.05, 0) is 31.5 Å². The van der Waals surface area contributed by atoms with Crippen molar-refractivity contribution >= 4 is 28.2 Å². The minimum Gasteiger partial charge on any atom is -0.370 e. The number of pyridine rings is 1. The summed E-state index contributed by atoms with van der Waals surface area (Å²) < 4.78 is 0. The molecule has 0 aliphatic rings. The summed E-state index contributed by atoms with van der Waals surface area (Å²) in [5, 5.41) is 0.369. The Balaban J connectivity index is 2.39. The first kappa shape index (κ1) is 13.2. The van der Waals surface area contributed by atoms with Crippen molar-refractivity contribution in [1.82, 2.24) is 9.97 Å². The Hall–Kier alpha value is -2.28. The summed E-state index contributed by atoms with van der Waals surface area (Å²) in [5.74, 6) is -0.253. The van der Waals surface area contributed by atoms with Crippen LogP contribution in [-0.2, 0) is 0 Å². The van der Waals surface area contributed by atoms with Crippen molar-refractivity contribution in [3.63, 3.8) is 0 Å². The number of thiazole rings is 1. The van der Waals surface area contributed by atoms with Crippen LogP contribution in [0.1, 0.15) is 26.6 Å². The third-order valence-corrected chi connectivity index (χ3v) is 3.41. The molecule has 0 spiro atoms. The van der Waals surface area contributed by atoms with Gasteiger partial charge in [-0.2, -0.15) is 4.99 Å². The molecule has 6 nitrogen and oxygen atoms in total. The van der Waals surface area contributed by atoms with Crippen LogP contribution in [0.5, 0.6) is 0 Å². The number of aryl methyl sites for hydroxylation is 2. The largest absolute Gasteiger partial charge is 0.370 e. The molecule has 2 aromatic rings. The van der Waals surface area contributed by atoms with Crippen LogP contribution in [0.25, 0.3) is 0 Å². The topological polar surface area (TPSA) is 107 Å². The normalized spacial score (nSPS) is 10.2. The minimum atomic E-state index is -0.171. The highest BCUT2D eigenvalue weighted by Gasteiger charge is 2.18. The number of aliphatic imine (C=N–C) groups is 1. The van der Waals surface area contributed by atoms with Crippen LogP contribution in [0.2, 0.25) is 0 Å². The predicted molar refractivity (Wildman–Crippen MR) is 74.7 cm³/mol. The zero-order valence-corrected chi connectivity index (χ0v) is 11.4. The summed E-state index contributed by atoms with van der Waals surface area (Å²) >= 11 is 1.15.